The van der Waals surface area contributed by atoms with E-state index in [-0.39, 0.29) is 48.0 Å². The number of fused-ring (bicyclic) bond motifs is 2. The first kappa shape index (κ1) is 30.5. The lowest BCUT2D eigenvalue weighted by atomic mass is 9.92. The molecule has 0 N–H and O–H groups in total. The number of pyridine rings is 2. The van der Waals surface area contributed by atoms with Crippen molar-refractivity contribution in [2.24, 2.45) is 14.1 Å². The van der Waals surface area contributed by atoms with Gasteiger partial charge < -0.3 is 48.0 Å². The second-order valence-electron chi connectivity index (χ2n) is 10.8. The van der Waals surface area contributed by atoms with Crippen LogP contribution in [0.2, 0.25) is 0 Å². The maximum atomic E-state index is 2.32. The standard InChI is InChI=1S/C34H38N2.2HI/c1-23(2)29-11-7-9-27-17-19-35(5)31(33(27)29)21-25-13-15-26(16-14-25)22-32-34-28(18-20-36(32)6)10-8-12-30(34)24(3)4;;/h7-20,23-24H,21-22H2,1-6H3;2*1H/q+2;;/p-2. The average molecular weight is 729 g/mol. The van der Waals surface area contributed by atoms with Crippen molar-refractivity contribution in [2.45, 2.75) is 52.4 Å². The molecule has 0 bridgehead atoms. The lowest BCUT2D eigenvalue weighted by Gasteiger charge is -2.13. The summed E-state index contributed by atoms with van der Waals surface area (Å²) < 4.78 is 4.59. The number of hydrogen-bond acceptors (Lipinski definition) is 0. The summed E-state index contributed by atoms with van der Waals surface area (Å²) in [6.07, 6.45) is 6.25. The first-order valence-electron chi connectivity index (χ1n) is 13.2. The van der Waals surface area contributed by atoms with Crippen LogP contribution in [-0.4, -0.2) is 0 Å². The van der Waals surface area contributed by atoms with E-state index >= 15 is 0 Å². The summed E-state index contributed by atoms with van der Waals surface area (Å²) in [6, 6.07) is 27.2. The Morgan fingerprint density at radius 3 is 1.24 bits per heavy atom. The number of hydrogen-bond donors (Lipinski definition) is 0. The molecule has 0 unspecified atom stereocenters. The number of aryl methyl sites for hydroxylation is 2. The van der Waals surface area contributed by atoms with Gasteiger partial charge in [-0.2, -0.15) is 0 Å². The van der Waals surface area contributed by atoms with Crippen LogP contribution in [0.25, 0.3) is 21.5 Å². The largest absolute Gasteiger partial charge is 1.00 e. The zero-order valence-electron chi connectivity index (χ0n) is 23.3. The van der Waals surface area contributed by atoms with Gasteiger partial charge >= 0.3 is 0 Å². The van der Waals surface area contributed by atoms with Crippen LogP contribution < -0.4 is 57.1 Å². The van der Waals surface area contributed by atoms with Gasteiger partial charge in [-0.05, 0) is 44.9 Å². The van der Waals surface area contributed by atoms with Crippen LogP contribution in [0.5, 0.6) is 0 Å². The van der Waals surface area contributed by atoms with E-state index in [9.17, 15) is 0 Å². The van der Waals surface area contributed by atoms with Crippen molar-refractivity contribution < 1.29 is 57.1 Å². The van der Waals surface area contributed by atoms with Crippen LogP contribution in [0, 0.1) is 0 Å². The second-order valence-corrected chi connectivity index (χ2v) is 10.8. The molecule has 0 amide bonds. The zero-order chi connectivity index (χ0) is 25.4. The third kappa shape index (κ3) is 6.06. The Balaban J connectivity index is 0.00000200. The number of nitrogens with zero attached hydrogens (tertiary/aromatic N) is 2. The fraction of sp³-hybridized carbons (Fsp3) is 0.294. The van der Waals surface area contributed by atoms with Crippen LogP contribution in [0.1, 0.15) is 73.2 Å². The molecule has 0 atom stereocenters. The first-order chi connectivity index (χ1) is 17.3. The van der Waals surface area contributed by atoms with Crippen molar-refractivity contribution >= 4 is 21.5 Å². The fourth-order valence-electron chi connectivity index (χ4n) is 5.59. The summed E-state index contributed by atoms with van der Waals surface area (Å²) in [5, 5.41) is 5.47. The van der Waals surface area contributed by atoms with E-state index < -0.39 is 0 Å². The fourth-order valence-corrected chi connectivity index (χ4v) is 5.59. The lowest BCUT2D eigenvalue weighted by Crippen LogP contribution is -3.00. The van der Waals surface area contributed by atoms with Gasteiger partial charge in [0.25, 0.3) is 0 Å². The predicted molar refractivity (Wildman–Crippen MR) is 150 cm³/mol. The topological polar surface area (TPSA) is 7.76 Å². The molecule has 2 heterocycles. The molecular weight excluding hydrogens is 690 g/mol. The van der Waals surface area contributed by atoms with Crippen LogP contribution in [-0.2, 0) is 26.9 Å². The Kier molecular flexibility index (Phi) is 10.3. The Labute approximate surface area is 262 Å². The van der Waals surface area contributed by atoms with Gasteiger partial charge in [0.05, 0.1) is 23.6 Å². The summed E-state index contributed by atoms with van der Waals surface area (Å²) in [4.78, 5) is 0. The lowest BCUT2D eigenvalue weighted by molar-refractivity contribution is -0.677. The van der Waals surface area contributed by atoms with Gasteiger partial charge in [0.2, 0.25) is 0 Å². The van der Waals surface area contributed by atoms with Crippen LogP contribution in [0.3, 0.4) is 0 Å². The molecule has 3 aromatic carbocycles. The zero-order valence-corrected chi connectivity index (χ0v) is 27.6. The number of rotatable bonds is 6. The summed E-state index contributed by atoms with van der Waals surface area (Å²) in [7, 11) is 4.35. The number of aromatic nitrogens is 2. The molecule has 5 aromatic rings. The van der Waals surface area contributed by atoms with Crippen molar-refractivity contribution in [1.82, 2.24) is 0 Å². The summed E-state index contributed by atoms with van der Waals surface area (Å²) in [6.45, 7) is 9.16. The van der Waals surface area contributed by atoms with Crippen LogP contribution in [0.4, 0.5) is 0 Å². The molecule has 0 aliphatic heterocycles. The van der Waals surface area contributed by atoms with E-state index in [4.69, 9.17) is 0 Å². The molecule has 0 aliphatic rings. The molecule has 0 radical (unpaired) electrons. The van der Waals surface area contributed by atoms with Gasteiger partial charge in [-0.15, -0.1) is 0 Å². The second kappa shape index (κ2) is 12.9. The summed E-state index contributed by atoms with van der Waals surface area (Å²) >= 11 is 0. The van der Waals surface area contributed by atoms with Gasteiger partial charge in [-0.3, -0.25) is 0 Å². The third-order valence-electron chi connectivity index (χ3n) is 7.65. The predicted octanol–water partition coefficient (Wildman–Crippen LogP) is 1.08. The van der Waals surface area contributed by atoms with Crippen molar-refractivity contribution in [3.63, 3.8) is 0 Å². The summed E-state index contributed by atoms with van der Waals surface area (Å²) in [5.41, 5.74) is 8.33. The first-order valence-corrected chi connectivity index (χ1v) is 13.2. The average Bonchev–Trinajstić information content (AvgIpc) is 2.87. The Bertz CT molecular complexity index is 1440. The van der Waals surface area contributed by atoms with Gasteiger partial charge in [-0.1, -0.05) is 88.4 Å². The SMILES string of the molecule is CC(C)c1cccc2cc[n+](C)c(Cc3ccc(Cc4c5c(C(C)C)cccc5cc[n+]4C)cc3)c12.[I-].[I-]. The van der Waals surface area contributed by atoms with E-state index in [0.717, 1.165) is 12.8 Å². The normalized spacial score (nSPS) is 11.2. The highest BCUT2D eigenvalue weighted by atomic mass is 127. The molecule has 5 rings (SSSR count). The highest BCUT2D eigenvalue weighted by Gasteiger charge is 2.20. The molecule has 4 heteroatoms. The molecule has 0 aliphatic carbocycles. The van der Waals surface area contributed by atoms with E-state index in [1.54, 1.807) is 0 Å². The minimum Gasteiger partial charge on any atom is -1.00 e. The quantitative estimate of drug-likeness (QED) is 0.183. The molecule has 2 nitrogen and oxygen atoms in total. The molecule has 198 valence electrons. The van der Waals surface area contributed by atoms with E-state index in [1.165, 1.54) is 55.2 Å². The van der Waals surface area contributed by atoms with E-state index in [2.05, 4.69) is 136 Å². The molecule has 2 aromatic heterocycles. The van der Waals surface area contributed by atoms with Crippen molar-refractivity contribution in [3.8, 4) is 0 Å². The molecule has 0 spiro atoms. The Morgan fingerprint density at radius 1 is 0.526 bits per heavy atom. The van der Waals surface area contributed by atoms with Gasteiger partial charge in [0.15, 0.2) is 23.8 Å². The molecule has 38 heavy (non-hydrogen) atoms. The maximum absolute atomic E-state index is 2.32. The smallest absolute Gasteiger partial charge is 0.193 e. The van der Waals surface area contributed by atoms with Crippen LogP contribution >= 0.6 is 0 Å². The van der Waals surface area contributed by atoms with Gasteiger partial charge in [0, 0.05) is 12.1 Å². The molecular formula is C34H38I2N2. The third-order valence-corrected chi connectivity index (χ3v) is 7.65. The van der Waals surface area contributed by atoms with Crippen molar-refractivity contribution in [2.75, 3.05) is 0 Å². The van der Waals surface area contributed by atoms with Crippen molar-refractivity contribution in [1.29, 1.82) is 0 Å². The van der Waals surface area contributed by atoms with E-state index in [0.29, 0.717) is 11.8 Å². The Hall–Kier alpha value is -2.06. The van der Waals surface area contributed by atoms with Crippen molar-refractivity contribution in [3.05, 3.63) is 119 Å². The van der Waals surface area contributed by atoms with Crippen LogP contribution in [0.15, 0.2) is 85.2 Å². The molecule has 0 saturated heterocycles. The minimum absolute atomic E-state index is 0. The summed E-state index contributed by atoms with van der Waals surface area (Å²) in [5.74, 6) is 0.990. The van der Waals surface area contributed by atoms with Gasteiger partial charge in [-0.25, -0.2) is 9.13 Å². The molecule has 0 fully saturated rings. The number of benzene rings is 3. The monoisotopic (exact) mass is 728 g/mol. The highest BCUT2D eigenvalue weighted by Crippen LogP contribution is 2.30. The highest BCUT2D eigenvalue weighted by molar-refractivity contribution is 5.88. The van der Waals surface area contributed by atoms with Gasteiger partial charge in [0.1, 0.15) is 14.1 Å². The maximum Gasteiger partial charge on any atom is 0.193 e. The molecule has 0 saturated carbocycles. The number of halogens is 2. The Morgan fingerprint density at radius 2 is 0.895 bits per heavy atom. The minimum atomic E-state index is 0. The van der Waals surface area contributed by atoms with E-state index in [1.807, 2.05) is 0 Å².